The SMILES string of the molecule is CC(C)(C)CS(=O)(=O)N1CC2(CNC2)C1. The van der Waals surface area contributed by atoms with Gasteiger partial charge in [0, 0.05) is 31.6 Å². The third-order valence-corrected chi connectivity index (χ3v) is 5.31. The van der Waals surface area contributed by atoms with E-state index in [2.05, 4.69) is 5.32 Å². The fourth-order valence-corrected chi connectivity index (χ4v) is 4.46. The van der Waals surface area contributed by atoms with Crippen molar-refractivity contribution in [2.75, 3.05) is 31.9 Å². The van der Waals surface area contributed by atoms with Gasteiger partial charge < -0.3 is 5.32 Å². The van der Waals surface area contributed by atoms with Gasteiger partial charge in [0.2, 0.25) is 10.0 Å². The number of hydrogen-bond donors (Lipinski definition) is 1. The Labute approximate surface area is 92.1 Å². The molecule has 0 saturated carbocycles. The second-order valence-corrected chi connectivity index (χ2v) is 8.16. The molecule has 0 aromatic rings. The summed E-state index contributed by atoms with van der Waals surface area (Å²) in [5, 5.41) is 3.20. The van der Waals surface area contributed by atoms with E-state index in [4.69, 9.17) is 0 Å². The number of nitrogens with one attached hydrogen (secondary N) is 1. The van der Waals surface area contributed by atoms with Gasteiger partial charge in [0.15, 0.2) is 0 Å². The van der Waals surface area contributed by atoms with Crippen molar-refractivity contribution in [3.05, 3.63) is 0 Å². The Morgan fingerprint density at radius 3 is 2.13 bits per heavy atom. The van der Waals surface area contributed by atoms with Gasteiger partial charge in [-0.3, -0.25) is 0 Å². The summed E-state index contributed by atoms with van der Waals surface area (Å²) in [6, 6.07) is 0. The third kappa shape index (κ3) is 2.19. The van der Waals surface area contributed by atoms with Crippen molar-refractivity contribution in [2.24, 2.45) is 10.8 Å². The van der Waals surface area contributed by atoms with E-state index in [1.807, 2.05) is 20.8 Å². The van der Waals surface area contributed by atoms with E-state index in [1.165, 1.54) is 0 Å². The second kappa shape index (κ2) is 3.18. The maximum absolute atomic E-state index is 12.0. The molecule has 2 aliphatic heterocycles. The van der Waals surface area contributed by atoms with Crippen molar-refractivity contribution in [2.45, 2.75) is 20.8 Å². The van der Waals surface area contributed by atoms with Crippen molar-refractivity contribution in [3.8, 4) is 0 Å². The maximum atomic E-state index is 12.0. The van der Waals surface area contributed by atoms with Gasteiger partial charge in [0.05, 0.1) is 5.75 Å². The molecule has 0 aliphatic carbocycles. The Morgan fingerprint density at radius 1 is 1.27 bits per heavy atom. The first kappa shape index (κ1) is 11.4. The lowest BCUT2D eigenvalue weighted by molar-refractivity contribution is 0.0160. The molecule has 1 N–H and O–H groups in total. The van der Waals surface area contributed by atoms with Gasteiger partial charge in [0.25, 0.3) is 0 Å². The number of nitrogens with zero attached hydrogens (tertiary/aromatic N) is 1. The molecule has 2 fully saturated rings. The summed E-state index contributed by atoms with van der Waals surface area (Å²) in [4.78, 5) is 0. The third-order valence-electron chi connectivity index (χ3n) is 3.03. The summed E-state index contributed by atoms with van der Waals surface area (Å²) in [7, 11) is -3.02. The highest BCUT2D eigenvalue weighted by Crippen LogP contribution is 2.36. The van der Waals surface area contributed by atoms with Gasteiger partial charge in [0.1, 0.15) is 0 Å². The van der Waals surface area contributed by atoms with Crippen molar-refractivity contribution < 1.29 is 8.42 Å². The lowest BCUT2D eigenvalue weighted by atomic mass is 9.76. The highest BCUT2D eigenvalue weighted by Gasteiger charge is 2.51. The standard InChI is InChI=1S/C10H20N2O2S/c1-9(2,3)8-15(13,14)12-6-10(7-12)4-11-5-10/h11H,4-8H2,1-3H3. The first-order chi connectivity index (χ1) is 6.73. The lowest BCUT2D eigenvalue weighted by Gasteiger charge is -2.55. The Hall–Kier alpha value is -0.130. The summed E-state index contributed by atoms with van der Waals surface area (Å²) in [5.74, 6) is 0.253. The van der Waals surface area contributed by atoms with E-state index >= 15 is 0 Å². The zero-order valence-corrected chi connectivity index (χ0v) is 10.5. The van der Waals surface area contributed by atoms with Crippen LogP contribution < -0.4 is 5.32 Å². The molecule has 0 radical (unpaired) electrons. The van der Waals surface area contributed by atoms with Crippen LogP contribution >= 0.6 is 0 Å². The lowest BCUT2D eigenvalue weighted by Crippen LogP contribution is -2.72. The molecule has 0 aromatic carbocycles. The van der Waals surface area contributed by atoms with Gasteiger partial charge in [-0.15, -0.1) is 0 Å². The Morgan fingerprint density at radius 2 is 1.80 bits per heavy atom. The summed E-state index contributed by atoms with van der Waals surface area (Å²) >= 11 is 0. The molecule has 0 amide bonds. The van der Waals surface area contributed by atoms with E-state index in [1.54, 1.807) is 4.31 Å². The van der Waals surface area contributed by atoms with Gasteiger partial charge in [-0.2, -0.15) is 0 Å². The van der Waals surface area contributed by atoms with Crippen LogP contribution in [0.3, 0.4) is 0 Å². The first-order valence-corrected chi connectivity index (χ1v) is 7.02. The quantitative estimate of drug-likeness (QED) is 0.743. The molecule has 0 aromatic heterocycles. The molecule has 5 heteroatoms. The van der Waals surface area contributed by atoms with Gasteiger partial charge >= 0.3 is 0 Å². The summed E-state index contributed by atoms with van der Waals surface area (Å²) in [5.41, 5.74) is 0.129. The van der Waals surface area contributed by atoms with Crippen LogP contribution in [-0.4, -0.2) is 44.7 Å². The van der Waals surface area contributed by atoms with E-state index < -0.39 is 10.0 Å². The van der Waals surface area contributed by atoms with Crippen molar-refractivity contribution in [1.29, 1.82) is 0 Å². The molecule has 2 saturated heterocycles. The molecule has 0 unspecified atom stereocenters. The second-order valence-electron chi connectivity index (χ2n) is 6.19. The van der Waals surface area contributed by atoms with E-state index in [-0.39, 0.29) is 16.6 Å². The minimum atomic E-state index is -3.02. The fourth-order valence-electron chi connectivity index (χ4n) is 2.24. The van der Waals surface area contributed by atoms with Crippen LogP contribution in [0.15, 0.2) is 0 Å². The Kier molecular flexibility index (Phi) is 2.41. The normalized spacial score (nSPS) is 26.1. The minimum absolute atomic E-state index is 0.153. The number of hydrogen-bond acceptors (Lipinski definition) is 3. The molecular weight excluding hydrogens is 212 g/mol. The molecule has 2 rings (SSSR count). The van der Waals surface area contributed by atoms with Crippen LogP contribution in [0.4, 0.5) is 0 Å². The van der Waals surface area contributed by atoms with E-state index in [0.29, 0.717) is 0 Å². The highest BCUT2D eigenvalue weighted by atomic mass is 32.2. The zero-order chi connectivity index (χ0) is 11.3. The monoisotopic (exact) mass is 232 g/mol. The average molecular weight is 232 g/mol. The van der Waals surface area contributed by atoms with Crippen molar-refractivity contribution in [1.82, 2.24) is 9.62 Å². The van der Waals surface area contributed by atoms with E-state index in [0.717, 1.165) is 26.2 Å². The zero-order valence-electron chi connectivity index (χ0n) is 9.71. The topological polar surface area (TPSA) is 49.4 Å². The molecule has 0 atom stereocenters. The van der Waals surface area contributed by atoms with Crippen molar-refractivity contribution in [3.63, 3.8) is 0 Å². The van der Waals surface area contributed by atoms with Crippen LogP contribution in [0.5, 0.6) is 0 Å². The van der Waals surface area contributed by atoms with Crippen LogP contribution in [0.25, 0.3) is 0 Å². The average Bonchev–Trinajstić information content (AvgIpc) is 1.70. The summed E-state index contributed by atoms with van der Waals surface area (Å²) in [6.07, 6.45) is 0. The van der Waals surface area contributed by atoms with Gasteiger partial charge in [-0.05, 0) is 5.41 Å². The van der Waals surface area contributed by atoms with Gasteiger partial charge in [-0.1, -0.05) is 20.8 Å². The molecule has 2 heterocycles. The molecule has 15 heavy (non-hydrogen) atoms. The summed E-state index contributed by atoms with van der Waals surface area (Å²) in [6.45, 7) is 9.29. The molecule has 2 aliphatic rings. The predicted octanol–water partition coefficient (Wildman–Crippen LogP) is 0.268. The van der Waals surface area contributed by atoms with Crippen LogP contribution in [0.2, 0.25) is 0 Å². The molecule has 1 spiro atoms. The Bertz CT molecular complexity index is 344. The van der Waals surface area contributed by atoms with Crippen LogP contribution in [-0.2, 0) is 10.0 Å². The molecular formula is C10H20N2O2S. The minimum Gasteiger partial charge on any atom is -0.315 e. The maximum Gasteiger partial charge on any atom is 0.214 e. The fraction of sp³-hybridized carbons (Fsp3) is 1.00. The van der Waals surface area contributed by atoms with Crippen LogP contribution in [0.1, 0.15) is 20.8 Å². The molecule has 4 nitrogen and oxygen atoms in total. The largest absolute Gasteiger partial charge is 0.315 e. The highest BCUT2D eigenvalue weighted by molar-refractivity contribution is 7.89. The number of rotatable bonds is 2. The Balaban J connectivity index is 1.94. The van der Waals surface area contributed by atoms with Gasteiger partial charge in [-0.25, -0.2) is 12.7 Å². The van der Waals surface area contributed by atoms with E-state index in [9.17, 15) is 8.42 Å². The number of sulfonamides is 1. The molecule has 88 valence electrons. The van der Waals surface area contributed by atoms with Crippen LogP contribution in [0, 0.1) is 10.8 Å². The smallest absolute Gasteiger partial charge is 0.214 e. The summed E-state index contributed by atoms with van der Waals surface area (Å²) < 4.78 is 25.6. The molecule has 0 bridgehead atoms. The first-order valence-electron chi connectivity index (χ1n) is 5.41. The van der Waals surface area contributed by atoms with Crippen molar-refractivity contribution >= 4 is 10.0 Å². The predicted molar refractivity (Wildman–Crippen MR) is 60.1 cm³/mol.